The molecule has 0 aromatic heterocycles. The van der Waals surface area contributed by atoms with Crippen LogP contribution in [0.5, 0.6) is 0 Å². The zero-order valence-corrected chi connectivity index (χ0v) is 11.2. The molecule has 0 bridgehead atoms. The third kappa shape index (κ3) is 5.66. The maximum atomic E-state index is 11.8. The van der Waals surface area contributed by atoms with E-state index in [0.29, 0.717) is 0 Å². The molecule has 2 amide bonds. The van der Waals surface area contributed by atoms with Crippen molar-refractivity contribution in [3.63, 3.8) is 0 Å². The van der Waals surface area contributed by atoms with Crippen molar-refractivity contribution >= 4 is 17.8 Å². The number of hydrogen-bond acceptors (Lipinski definition) is 5. The lowest BCUT2D eigenvalue weighted by atomic mass is 10.0. The van der Waals surface area contributed by atoms with Gasteiger partial charge in [-0.15, -0.1) is 0 Å². The number of carbonyl (C=O) groups is 3. The molecule has 0 aliphatic heterocycles. The Morgan fingerprint density at radius 3 is 1.95 bits per heavy atom. The molecular weight excluding hydrogens is 254 g/mol. The molecule has 0 aliphatic rings. The van der Waals surface area contributed by atoms with Gasteiger partial charge in [0.05, 0.1) is 12.6 Å². The van der Waals surface area contributed by atoms with Crippen LogP contribution in [-0.2, 0) is 14.4 Å². The van der Waals surface area contributed by atoms with Gasteiger partial charge in [-0.2, -0.15) is 0 Å². The molecule has 0 rings (SSSR count). The Morgan fingerprint density at radius 2 is 1.63 bits per heavy atom. The minimum absolute atomic E-state index is 0.329. The molecule has 3 unspecified atom stereocenters. The van der Waals surface area contributed by atoms with E-state index in [2.05, 4.69) is 10.6 Å². The summed E-state index contributed by atoms with van der Waals surface area (Å²) in [7, 11) is 0. The van der Waals surface area contributed by atoms with Gasteiger partial charge in [-0.25, -0.2) is 4.79 Å². The number of hydrogen-bond donors (Lipinski definition) is 5. The van der Waals surface area contributed by atoms with Crippen LogP contribution in [0.2, 0.25) is 0 Å². The van der Waals surface area contributed by atoms with E-state index in [9.17, 15) is 14.4 Å². The molecule has 0 aromatic carbocycles. The smallest absolute Gasteiger partial charge is 0.326 e. The molecule has 19 heavy (non-hydrogen) atoms. The first-order valence-corrected chi connectivity index (χ1v) is 5.90. The highest BCUT2D eigenvalue weighted by molar-refractivity contribution is 5.91. The SMILES string of the molecule is CC(N)C(=O)NC(CO)C(=O)NC(C(=O)O)C(C)C. The molecule has 6 N–H and O–H groups in total. The fourth-order valence-electron chi connectivity index (χ4n) is 1.26. The molecular formula is C11H21N3O5. The van der Waals surface area contributed by atoms with Gasteiger partial charge in [0.15, 0.2) is 0 Å². The number of aliphatic hydroxyl groups is 1. The fourth-order valence-corrected chi connectivity index (χ4v) is 1.26. The topological polar surface area (TPSA) is 142 Å². The fraction of sp³-hybridized carbons (Fsp3) is 0.727. The predicted molar refractivity (Wildman–Crippen MR) is 67.1 cm³/mol. The molecule has 110 valence electrons. The Hall–Kier alpha value is -1.67. The van der Waals surface area contributed by atoms with Crippen molar-refractivity contribution in [1.29, 1.82) is 0 Å². The number of aliphatic hydroxyl groups excluding tert-OH is 1. The summed E-state index contributed by atoms with van der Waals surface area (Å²) in [5, 5.41) is 22.5. The Labute approximate surface area is 111 Å². The van der Waals surface area contributed by atoms with Crippen LogP contribution in [0.4, 0.5) is 0 Å². The highest BCUT2D eigenvalue weighted by Crippen LogP contribution is 2.02. The minimum Gasteiger partial charge on any atom is -0.480 e. The van der Waals surface area contributed by atoms with Crippen molar-refractivity contribution in [2.45, 2.75) is 38.9 Å². The highest BCUT2D eigenvalue weighted by atomic mass is 16.4. The molecule has 8 heteroatoms. The van der Waals surface area contributed by atoms with Crippen LogP contribution in [0.15, 0.2) is 0 Å². The van der Waals surface area contributed by atoms with Crippen LogP contribution in [0.1, 0.15) is 20.8 Å². The Balaban J connectivity index is 4.67. The van der Waals surface area contributed by atoms with Crippen molar-refractivity contribution in [1.82, 2.24) is 10.6 Å². The van der Waals surface area contributed by atoms with Gasteiger partial charge in [0.2, 0.25) is 11.8 Å². The average Bonchev–Trinajstić information content (AvgIpc) is 2.31. The monoisotopic (exact) mass is 275 g/mol. The standard InChI is InChI=1S/C11H21N3O5/c1-5(2)8(11(18)19)14-10(17)7(4-15)13-9(16)6(3)12/h5-8,15H,4,12H2,1-3H3,(H,13,16)(H,14,17)(H,18,19). The van der Waals surface area contributed by atoms with Crippen LogP contribution in [0, 0.1) is 5.92 Å². The first kappa shape index (κ1) is 17.3. The quantitative estimate of drug-likeness (QED) is 0.365. The Morgan fingerprint density at radius 1 is 1.11 bits per heavy atom. The minimum atomic E-state index is -1.22. The second-order valence-electron chi connectivity index (χ2n) is 4.60. The van der Waals surface area contributed by atoms with E-state index in [1.165, 1.54) is 6.92 Å². The van der Waals surface area contributed by atoms with Gasteiger partial charge in [-0.1, -0.05) is 13.8 Å². The number of nitrogens with one attached hydrogen (secondary N) is 2. The van der Waals surface area contributed by atoms with Crippen molar-refractivity contribution in [2.24, 2.45) is 11.7 Å². The predicted octanol–water partition coefficient (Wildman–Crippen LogP) is -1.96. The summed E-state index contributed by atoms with van der Waals surface area (Å²) in [5.41, 5.74) is 5.32. The number of amides is 2. The van der Waals surface area contributed by atoms with Crippen LogP contribution < -0.4 is 16.4 Å². The van der Waals surface area contributed by atoms with Crippen LogP contribution in [-0.4, -0.2) is 52.7 Å². The molecule has 0 fully saturated rings. The molecule has 3 atom stereocenters. The lowest BCUT2D eigenvalue weighted by Crippen LogP contribution is -2.56. The molecule has 0 radical (unpaired) electrons. The highest BCUT2D eigenvalue weighted by Gasteiger charge is 2.28. The number of rotatable bonds is 7. The van der Waals surface area contributed by atoms with Crippen molar-refractivity contribution in [3.05, 3.63) is 0 Å². The number of nitrogens with two attached hydrogens (primary N) is 1. The summed E-state index contributed by atoms with van der Waals surface area (Å²) in [5.74, 6) is -2.88. The van der Waals surface area contributed by atoms with E-state index < -0.39 is 42.5 Å². The van der Waals surface area contributed by atoms with Crippen LogP contribution >= 0.6 is 0 Å². The van der Waals surface area contributed by atoms with Gasteiger partial charge in [0.1, 0.15) is 12.1 Å². The van der Waals surface area contributed by atoms with Crippen LogP contribution in [0.25, 0.3) is 0 Å². The van der Waals surface area contributed by atoms with E-state index >= 15 is 0 Å². The van der Waals surface area contributed by atoms with Gasteiger partial charge in [-0.05, 0) is 12.8 Å². The van der Waals surface area contributed by atoms with Crippen molar-refractivity contribution in [2.75, 3.05) is 6.61 Å². The molecule has 0 saturated heterocycles. The van der Waals surface area contributed by atoms with E-state index in [0.717, 1.165) is 0 Å². The summed E-state index contributed by atoms with van der Waals surface area (Å²) in [6.45, 7) is 4.05. The van der Waals surface area contributed by atoms with Gasteiger partial charge < -0.3 is 26.6 Å². The Kier molecular flexibility index (Phi) is 7.02. The lowest BCUT2D eigenvalue weighted by Gasteiger charge is -2.22. The Bertz CT molecular complexity index is 343. The zero-order chi connectivity index (χ0) is 15.2. The third-order valence-corrected chi connectivity index (χ3v) is 2.46. The molecule has 0 aromatic rings. The number of aliphatic carboxylic acids is 1. The first-order chi connectivity index (χ1) is 8.70. The lowest BCUT2D eigenvalue weighted by molar-refractivity contribution is -0.143. The summed E-state index contributed by atoms with van der Waals surface area (Å²) < 4.78 is 0. The second-order valence-corrected chi connectivity index (χ2v) is 4.60. The first-order valence-electron chi connectivity index (χ1n) is 5.90. The van der Waals surface area contributed by atoms with Gasteiger partial charge in [-0.3, -0.25) is 9.59 Å². The van der Waals surface area contributed by atoms with Crippen molar-refractivity contribution in [3.8, 4) is 0 Å². The summed E-state index contributed by atoms with van der Waals surface area (Å²) in [6.07, 6.45) is 0. The second kappa shape index (κ2) is 7.70. The van der Waals surface area contributed by atoms with Gasteiger partial charge >= 0.3 is 5.97 Å². The zero-order valence-electron chi connectivity index (χ0n) is 11.2. The summed E-state index contributed by atoms with van der Waals surface area (Å²) in [6, 6.07) is -3.14. The molecule has 0 aliphatic carbocycles. The largest absolute Gasteiger partial charge is 0.480 e. The maximum absolute atomic E-state index is 11.8. The number of carboxylic acid groups (broad SMARTS) is 1. The molecule has 8 nitrogen and oxygen atoms in total. The molecule has 0 heterocycles. The van der Waals surface area contributed by atoms with Gasteiger partial charge in [0, 0.05) is 0 Å². The summed E-state index contributed by atoms with van der Waals surface area (Å²) >= 11 is 0. The van der Waals surface area contributed by atoms with E-state index in [1.807, 2.05) is 0 Å². The van der Waals surface area contributed by atoms with E-state index in [-0.39, 0.29) is 5.92 Å². The normalized spacial score (nSPS) is 15.5. The average molecular weight is 275 g/mol. The molecule has 0 saturated carbocycles. The van der Waals surface area contributed by atoms with Crippen LogP contribution in [0.3, 0.4) is 0 Å². The number of carboxylic acids is 1. The van der Waals surface area contributed by atoms with E-state index in [1.54, 1.807) is 13.8 Å². The van der Waals surface area contributed by atoms with Gasteiger partial charge in [0.25, 0.3) is 0 Å². The maximum Gasteiger partial charge on any atom is 0.326 e. The summed E-state index contributed by atoms with van der Waals surface area (Å²) in [4.78, 5) is 34.0. The molecule has 0 spiro atoms. The van der Waals surface area contributed by atoms with E-state index in [4.69, 9.17) is 15.9 Å². The van der Waals surface area contributed by atoms with Crippen molar-refractivity contribution < 1.29 is 24.6 Å². The number of carbonyl (C=O) groups excluding carboxylic acids is 2. The third-order valence-electron chi connectivity index (χ3n) is 2.46.